The molecule has 25 heavy (non-hydrogen) atoms. The molecule has 0 bridgehead atoms. The summed E-state index contributed by atoms with van der Waals surface area (Å²) >= 11 is 0. The molecule has 0 radical (unpaired) electrons. The lowest BCUT2D eigenvalue weighted by molar-refractivity contribution is -0.126. The first kappa shape index (κ1) is 17.6. The van der Waals surface area contributed by atoms with Crippen LogP contribution in [-0.2, 0) is 9.59 Å². The van der Waals surface area contributed by atoms with Gasteiger partial charge >= 0.3 is 0 Å². The Hall–Kier alpha value is -2.24. The highest BCUT2D eigenvalue weighted by Crippen LogP contribution is 2.40. The molecule has 2 atom stereocenters. The minimum atomic E-state index is -0.254. The van der Waals surface area contributed by atoms with E-state index in [0.29, 0.717) is 23.6 Å². The molecule has 6 heteroatoms. The van der Waals surface area contributed by atoms with Crippen LogP contribution in [0.2, 0.25) is 0 Å². The summed E-state index contributed by atoms with van der Waals surface area (Å²) in [5.41, 5.74) is 0.589. The minimum Gasteiger partial charge on any atom is -0.497 e. The third kappa shape index (κ3) is 4.24. The molecule has 2 unspecified atom stereocenters. The van der Waals surface area contributed by atoms with Crippen molar-refractivity contribution in [3.05, 3.63) is 18.2 Å². The van der Waals surface area contributed by atoms with Crippen molar-refractivity contribution in [3.63, 3.8) is 0 Å². The van der Waals surface area contributed by atoms with Gasteiger partial charge in [0, 0.05) is 12.1 Å². The third-order valence-corrected chi connectivity index (χ3v) is 5.08. The average Bonchev–Trinajstić information content (AvgIpc) is 3.44. The van der Waals surface area contributed by atoms with Crippen molar-refractivity contribution < 1.29 is 19.1 Å². The van der Waals surface area contributed by atoms with Gasteiger partial charge in [-0.25, -0.2) is 0 Å². The fourth-order valence-electron chi connectivity index (χ4n) is 3.46. The molecule has 2 saturated carbocycles. The monoisotopic (exact) mass is 346 g/mol. The van der Waals surface area contributed by atoms with Crippen LogP contribution in [0.15, 0.2) is 18.2 Å². The molecule has 2 aliphatic rings. The van der Waals surface area contributed by atoms with Crippen molar-refractivity contribution in [1.82, 2.24) is 5.32 Å². The summed E-state index contributed by atoms with van der Waals surface area (Å²) in [6.45, 7) is 0. The second kappa shape index (κ2) is 7.76. The highest BCUT2D eigenvalue weighted by molar-refractivity contribution is 6.00. The molecule has 2 aliphatic carbocycles. The van der Waals surface area contributed by atoms with Crippen LogP contribution >= 0.6 is 0 Å². The van der Waals surface area contributed by atoms with Gasteiger partial charge in [-0.05, 0) is 31.4 Å². The quantitative estimate of drug-likeness (QED) is 0.830. The predicted molar refractivity (Wildman–Crippen MR) is 94.8 cm³/mol. The average molecular weight is 346 g/mol. The maximum atomic E-state index is 12.4. The second-order valence-corrected chi connectivity index (χ2v) is 6.85. The first-order valence-electron chi connectivity index (χ1n) is 8.95. The summed E-state index contributed by atoms with van der Waals surface area (Å²) in [5.74, 6) is 0.630. The second-order valence-electron chi connectivity index (χ2n) is 6.85. The number of ether oxygens (including phenoxy) is 2. The zero-order chi connectivity index (χ0) is 17.8. The van der Waals surface area contributed by atoms with Crippen molar-refractivity contribution in [2.24, 2.45) is 11.8 Å². The van der Waals surface area contributed by atoms with Gasteiger partial charge in [0.25, 0.3) is 0 Å². The van der Waals surface area contributed by atoms with Gasteiger partial charge in [0.05, 0.1) is 31.7 Å². The molecular weight excluding hydrogens is 320 g/mol. The Balaban J connectivity index is 1.53. The van der Waals surface area contributed by atoms with Gasteiger partial charge in [0.1, 0.15) is 11.5 Å². The summed E-state index contributed by atoms with van der Waals surface area (Å²) in [7, 11) is 3.12. The Kier molecular flexibility index (Phi) is 5.46. The Labute approximate surface area is 148 Å². The SMILES string of the molecule is COc1ccc(NC(=O)C2CC2C(=O)NC2CCCCC2)c(OC)c1. The number of carbonyl (C=O) groups is 2. The molecular formula is C19H26N2O4. The summed E-state index contributed by atoms with van der Waals surface area (Å²) in [4.78, 5) is 24.7. The maximum Gasteiger partial charge on any atom is 0.228 e. The van der Waals surface area contributed by atoms with E-state index in [-0.39, 0.29) is 29.7 Å². The van der Waals surface area contributed by atoms with Gasteiger partial charge in [-0.3, -0.25) is 9.59 Å². The van der Waals surface area contributed by atoms with Crippen LogP contribution in [0.5, 0.6) is 11.5 Å². The van der Waals surface area contributed by atoms with Crippen LogP contribution in [0, 0.1) is 11.8 Å². The van der Waals surface area contributed by atoms with E-state index in [4.69, 9.17) is 9.47 Å². The third-order valence-electron chi connectivity index (χ3n) is 5.08. The Morgan fingerprint density at radius 3 is 2.40 bits per heavy atom. The lowest BCUT2D eigenvalue weighted by Gasteiger charge is -2.22. The summed E-state index contributed by atoms with van der Waals surface area (Å²) < 4.78 is 10.4. The lowest BCUT2D eigenvalue weighted by atomic mass is 9.95. The molecule has 0 saturated heterocycles. The summed E-state index contributed by atoms with van der Waals surface area (Å²) in [6, 6.07) is 5.51. The zero-order valence-electron chi connectivity index (χ0n) is 14.8. The smallest absolute Gasteiger partial charge is 0.228 e. The van der Waals surface area contributed by atoms with Gasteiger partial charge < -0.3 is 20.1 Å². The van der Waals surface area contributed by atoms with Gasteiger partial charge in [0.2, 0.25) is 11.8 Å². The van der Waals surface area contributed by atoms with E-state index >= 15 is 0 Å². The normalized spacial score (nSPS) is 22.8. The van der Waals surface area contributed by atoms with Crippen LogP contribution in [-0.4, -0.2) is 32.1 Å². The number of hydrogen-bond donors (Lipinski definition) is 2. The molecule has 2 amide bonds. The van der Waals surface area contributed by atoms with E-state index in [0.717, 1.165) is 12.8 Å². The molecule has 2 fully saturated rings. The Morgan fingerprint density at radius 2 is 1.72 bits per heavy atom. The maximum absolute atomic E-state index is 12.4. The van der Waals surface area contributed by atoms with Crippen molar-refractivity contribution >= 4 is 17.5 Å². The van der Waals surface area contributed by atoms with E-state index in [2.05, 4.69) is 10.6 Å². The van der Waals surface area contributed by atoms with Crippen LogP contribution in [0.3, 0.4) is 0 Å². The molecule has 0 aliphatic heterocycles. The van der Waals surface area contributed by atoms with Crippen LogP contribution < -0.4 is 20.1 Å². The topological polar surface area (TPSA) is 76.7 Å². The fourth-order valence-corrected chi connectivity index (χ4v) is 3.46. The van der Waals surface area contributed by atoms with Gasteiger partial charge in [-0.1, -0.05) is 19.3 Å². The van der Waals surface area contributed by atoms with Crippen LogP contribution in [0.1, 0.15) is 38.5 Å². The van der Waals surface area contributed by atoms with Crippen molar-refractivity contribution in [1.29, 1.82) is 0 Å². The first-order chi connectivity index (χ1) is 12.1. The molecule has 0 spiro atoms. The lowest BCUT2D eigenvalue weighted by Crippen LogP contribution is -2.37. The number of hydrogen-bond acceptors (Lipinski definition) is 4. The molecule has 6 nitrogen and oxygen atoms in total. The Bertz CT molecular complexity index is 640. The predicted octanol–water partition coefficient (Wildman–Crippen LogP) is 2.73. The number of amides is 2. The number of rotatable bonds is 6. The number of nitrogens with one attached hydrogen (secondary N) is 2. The number of anilines is 1. The highest BCUT2D eigenvalue weighted by atomic mass is 16.5. The van der Waals surface area contributed by atoms with E-state index in [1.165, 1.54) is 19.3 Å². The summed E-state index contributed by atoms with van der Waals surface area (Å²) in [5, 5.41) is 5.97. The van der Waals surface area contributed by atoms with Crippen LogP contribution in [0.4, 0.5) is 5.69 Å². The zero-order valence-corrected chi connectivity index (χ0v) is 14.8. The van der Waals surface area contributed by atoms with Crippen molar-refractivity contribution in [3.8, 4) is 11.5 Å². The fraction of sp³-hybridized carbons (Fsp3) is 0.579. The first-order valence-corrected chi connectivity index (χ1v) is 8.95. The van der Waals surface area contributed by atoms with E-state index in [1.54, 1.807) is 32.4 Å². The molecule has 136 valence electrons. The van der Waals surface area contributed by atoms with Gasteiger partial charge in [-0.2, -0.15) is 0 Å². The highest BCUT2D eigenvalue weighted by Gasteiger charge is 2.48. The molecule has 2 N–H and O–H groups in total. The number of carbonyl (C=O) groups excluding carboxylic acids is 2. The molecule has 0 heterocycles. The molecule has 1 aromatic carbocycles. The minimum absolute atomic E-state index is 0.0220. The van der Waals surface area contributed by atoms with Crippen molar-refractivity contribution in [2.45, 2.75) is 44.6 Å². The summed E-state index contributed by atoms with van der Waals surface area (Å²) in [6.07, 6.45) is 6.33. The van der Waals surface area contributed by atoms with E-state index in [1.807, 2.05) is 0 Å². The van der Waals surface area contributed by atoms with Crippen molar-refractivity contribution in [2.75, 3.05) is 19.5 Å². The van der Waals surface area contributed by atoms with Gasteiger partial charge in [0.15, 0.2) is 0 Å². The largest absolute Gasteiger partial charge is 0.497 e. The molecule has 3 rings (SSSR count). The van der Waals surface area contributed by atoms with E-state index < -0.39 is 0 Å². The standard InChI is InChI=1S/C19H26N2O4/c1-24-13-8-9-16(17(10-13)25-2)21-19(23)15-11-14(15)18(22)20-12-6-4-3-5-7-12/h8-10,12,14-15H,3-7,11H2,1-2H3,(H,20,22)(H,21,23). The van der Waals surface area contributed by atoms with E-state index in [9.17, 15) is 9.59 Å². The Morgan fingerprint density at radius 1 is 1.00 bits per heavy atom. The molecule has 0 aromatic heterocycles. The van der Waals surface area contributed by atoms with Gasteiger partial charge in [-0.15, -0.1) is 0 Å². The number of benzene rings is 1. The molecule has 1 aromatic rings. The van der Waals surface area contributed by atoms with Crippen LogP contribution in [0.25, 0.3) is 0 Å². The number of methoxy groups -OCH3 is 2.